The zero-order valence-corrected chi connectivity index (χ0v) is 9.51. The molecular weight excluding hydrogens is 195 g/mol. The standard InChI is InChI=1S/C9H13N4P/c1-3-6-8-7(4-2)12-13(14)9(8)11-5-10-6/h5H,3-4,14H2,1-2H3. The third kappa shape index (κ3) is 1.30. The van der Waals surface area contributed by atoms with Gasteiger partial charge >= 0.3 is 0 Å². The summed E-state index contributed by atoms with van der Waals surface area (Å²) in [5.74, 6) is 0. The average Bonchev–Trinajstić information content (AvgIpc) is 2.56. The van der Waals surface area contributed by atoms with Crippen LogP contribution >= 0.6 is 9.39 Å². The van der Waals surface area contributed by atoms with Crippen LogP contribution in [0, 0.1) is 0 Å². The molecule has 0 radical (unpaired) electrons. The Morgan fingerprint density at radius 3 is 2.57 bits per heavy atom. The average molecular weight is 208 g/mol. The summed E-state index contributed by atoms with van der Waals surface area (Å²) in [6.45, 7) is 4.19. The van der Waals surface area contributed by atoms with Crippen molar-refractivity contribution in [3.05, 3.63) is 17.7 Å². The van der Waals surface area contributed by atoms with Gasteiger partial charge in [0, 0.05) is 0 Å². The fraction of sp³-hybridized carbons (Fsp3) is 0.444. The zero-order chi connectivity index (χ0) is 10.1. The minimum absolute atomic E-state index is 0.902. The first-order valence-corrected chi connectivity index (χ1v) is 5.26. The van der Waals surface area contributed by atoms with Crippen LogP contribution in [0.25, 0.3) is 11.0 Å². The van der Waals surface area contributed by atoms with E-state index in [0.717, 1.165) is 35.3 Å². The quantitative estimate of drug-likeness (QED) is 0.704. The molecule has 0 saturated heterocycles. The van der Waals surface area contributed by atoms with Crippen LogP contribution in [-0.2, 0) is 12.8 Å². The third-order valence-corrected chi connectivity index (χ3v) is 2.67. The minimum Gasteiger partial charge on any atom is -0.241 e. The van der Waals surface area contributed by atoms with Crippen molar-refractivity contribution in [3.8, 4) is 0 Å². The number of hydrogen-bond acceptors (Lipinski definition) is 3. The van der Waals surface area contributed by atoms with E-state index in [9.17, 15) is 0 Å². The predicted molar refractivity (Wildman–Crippen MR) is 59.2 cm³/mol. The first kappa shape index (κ1) is 9.53. The molecule has 2 aromatic rings. The van der Waals surface area contributed by atoms with E-state index in [2.05, 4.69) is 38.3 Å². The van der Waals surface area contributed by atoms with Crippen LogP contribution in [0.5, 0.6) is 0 Å². The number of fused-ring (bicyclic) bond motifs is 1. The maximum atomic E-state index is 4.39. The van der Waals surface area contributed by atoms with Crippen LogP contribution in [0.1, 0.15) is 25.2 Å². The topological polar surface area (TPSA) is 43.6 Å². The van der Waals surface area contributed by atoms with Crippen LogP contribution in [0.2, 0.25) is 0 Å². The van der Waals surface area contributed by atoms with E-state index in [0.29, 0.717) is 0 Å². The Kier molecular flexibility index (Phi) is 2.46. The molecule has 0 spiro atoms. The number of hydrogen-bond donors (Lipinski definition) is 0. The lowest BCUT2D eigenvalue weighted by Crippen LogP contribution is -1.92. The van der Waals surface area contributed by atoms with Gasteiger partial charge in [-0.15, -0.1) is 0 Å². The number of aryl methyl sites for hydroxylation is 2. The highest BCUT2D eigenvalue weighted by Crippen LogP contribution is 2.21. The summed E-state index contributed by atoms with van der Waals surface area (Å²) in [6.07, 6.45) is 3.43. The van der Waals surface area contributed by atoms with Crippen molar-refractivity contribution < 1.29 is 0 Å². The highest BCUT2D eigenvalue weighted by atomic mass is 31.0. The smallest absolute Gasteiger partial charge is 0.164 e. The van der Waals surface area contributed by atoms with Crippen LogP contribution in [-0.4, -0.2) is 19.5 Å². The second kappa shape index (κ2) is 3.62. The predicted octanol–water partition coefficient (Wildman–Crippen LogP) is 1.59. The van der Waals surface area contributed by atoms with Crippen molar-refractivity contribution in [2.75, 3.05) is 0 Å². The highest BCUT2D eigenvalue weighted by Gasteiger charge is 2.11. The molecule has 74 valence electrons. The Morgan fingerprint density at radius 2 is 1.93 bits per heavy atom. The molecule has 0 aliphatic rings. The molecule has 1 unspecified atom stereocenters. The Labute approximate surface area is 85.0 Å². The third-order valence-electron chi connectivity index (χ3n) is 2.31. The Hall–Kier alpha value is -1.02. The molecule has 2 rings (SSSR count). The van der Waals surface area contributed by atoms with Gasteiger partial charge in [0.1, 0.15) is 6.33 Å². The van der Waals surface area contributed by atoms with E-state index < -0.39 is 0 Å². The summed E-state index contributed by atoms with van der Waals surface area (Å²) in [4.78, 5) is 8.50. The van der Waals surface area contributed by atoms with Gasteiger partial charge in [-0.05, 0) is 22.2 Å². The van der Waals surface area contributed by atoms with Gasteiger partial charge < -0.3 is 0 Å². The minimum atomic E-state index is 0.902. The summed E-state index contributed by atoms with van der Waals surface area (Å²) in [5.41, 5.74) is 3.06. The lowest BCUT2D eigenvalue weighted by Gasteiger charge is -1.98. The van der Waals surface area contributed by atoms with Crippen molar-refractivity contribution in [1.29, 1.82) is 0 Å². The van der Waals surface area contributed by atoms with Crippen LogP contribution in [0.15, 0.2) is 6.33 Å². The van der Waals surface area contributed by atoms with Crippen LogP contribution in [0.3, 0.4) is 0 Å². The van der Waals surface area contributed by atoms with Gasteiger partial charge in [0.2, 0.25) is 0 Å². The molecule has 0 amide bonds. The highest BCUT2D eigenvalue weighted by molar-refractivity contribution is 7.14. The second-order valence-electron chi connectivity index (χ2n) is 3.12. The number of nitrogens with zero attached hydrogens (tertiary/aromatic N) is 4. The first-order valence-electron chi connectivity index (χ1n) is 4.74. The molecular formula is C9H13N4P. The SMILES string of the molecule is CCc1ncnc2c1c(CC)nn2P. The van der Waals surface area contributed by atoms with Gasteiger partial charge in [-0.3, -0.25) is 0 Å². The Balaban J connectivity index is 2.82. The van der Waals surface area contributed by atoms with E-state index in [1.165, 1.54) is 0 Å². The summed E-state index contributed by atoms with van der Waals surface area (Å²) in [5, 5.41) is 5.51. The monoisotopic (exact) mass is 208 g/mol. The lowest BCUT2D eigenvalue weighted by atomic mass is 10.1. The lowest BCUT2D eigenvalue weighted by molar-refractivity contribution is 0.941. The molecule has 2 heterocycles. The molecule has 4 nitrogen and oxygen atoms in total. The largest absolute Gasteiger partial charge is 0.241 e. The van der Waals surface area contributed by atoms with E-state index in [1.807, 2.05) is 0 Å². The fourth-order valence-electron chi connectivity index (χ4n) is 1.62. The molecule has 0 bridgehead atoms. The van der Waals surface area contributed by atoms with E-state index in [-0.39, 0.29) is 0 Å². The zero-order valence-electron chi connectivity index (χ0n) is 8.36. The molecule has 0 fully saturated rings. The van der Waals surface area contributed by atoms with Crippen molar-refractivity contribution >= 4 is 20.4 Å². The number of aromatic nitrogens is 4. The fourth-order valence-corrected chi connectivity index (χ4v) is 1.96. The van der Waals surface area contributed by atoms with Gasteiger partial charge in [-0.2, -0.15) is 5.10 Å². The van der Waals surface area contributed by atoms with E-state index in [1.54, 1.807) is 10.8 Å². The Bertz CT molecular complexity index is 463. The van der Waals surface area contributed by atoms with E-state index >= 15 is 0 Å². The molecule has 0 aliphatic carbocycles. The summed E-state index contributed by atoms with van der Waals surface area (Å²) in [7, 11) is 2.55. The molecule has 14 heavy (non-hydrogen) atoms. The van der Waals surface area contributed by atoms with Gasteiger partial charge in [0.05, 0.1) is 16.8 Å². The molecule has 2 aromatic heterocycles. The van der Waals surface area contributed by atoms with Crippen molar-refractivity contribution in [3.63, 3.8) is 0 Å². The van der Waals surface area contributed by atoms with Crippen molar-refractivity contribution in [2.45, 2.75) is 26.7 Å². The van der Waals surface area contributed by atoms with E-state index in [4.69, 9.17) is 0 Å². The van der Waals surface area contributed by atoms with Gasteiger partial charge in [-0.1, -0.05) is 13.8 Å². The molecule has 0 saturated carbocycles. The van der Waals surface area contributed by atoms with Crippen molar-refractivity contribution in [1.82, 2.24) is 19.5 Å². The van der Waals surface area contributed by atoms with Gasteiger partial charge in [0.15, 0.2) is 5.65 Å². The molecule has 1 atom stereocenters. The van der Waals surface area contributed by atoms with Crippen LogP contribution < -0.4 is 0 Å². The van der Waals surface area contributed by atoms with Gasteiger partial charge in [-0.25, -0.2) is 14.4 Å². The van der Waals surface area contributed by atoms with Crippen molar-refractivity contribution in [2.24, 2.45) is 0 Å². The van der Waals surface area contributed by atoms with Gasteiger partial charge in [0.25, 0.3) is 0 Å². The van der Waals surface area contributed by atoms with Crippen LogP contribution in [0.4, 0.5) is 0 Å². The summed E-state index contributed by atoms with van der Waals surface area (Å²) < 4.78 is 1.75. The molecule has 0 aromatic carbocycles. The Morgan fingerprint density at radius 1 is 1.21 bits per heavy atom. The number of rotatable bonds is 2. The molecule has 0 N–H and O–H groups in total. The maximum absolute atomic E-state index is 4.39. The first-order chi connectivity index (χ1) is 6.77. The second-order valence-corrected chi connectivity index (χ2v) is 3.61. The molecule has 5 heteroatoms. The maximum Gasteiger partial charge on any atom is 0.164 e. The normalized spacial score (nSPS) is 11.1. The summed E-state index contributed by atoms with van der Waals surface area (Å²) >= 11 is 0. The molecule has 0 aliphatic heterocycles. The summed E-state index contributed by atoms with van der Waals surface area (Å²) in [6, 6.07) is 0.